The largest absolute Gasteiger partial charge is 0.371 e. The van der Waals surface area contributed by atoms with Gasteiger partial charge in [-0.2, -0.15) is 0 Å². The molecule has 3 heterocycles. The van der Waals surface area contributed by atoms with E-state index in [9.17, 15) is 4.79 Å². The average molecular weight is 314 g/mol. The Kier molecular flexibility index (Phi) is 3.59. The molecular weight excluding hydrogens is 296 g/mol. The minimum atomic E-state index is -0.131. The fraction of sp³-hybridized carbons (Fsp3) is 0.438. The molecule has 2 aliphatic rings. The summed E-state index contributed by atoms with van der Waals surface area (Å²) in [5, 5.41) is 11.4. The van der Waals surface area contributed by atoms with Gasteiger partial charge < -0.3 is 14.8 Å². The van der Waals surface area contributed by atoms with Crippen LogP contribution in [0.3, 0.4) is 0 Å². The number of hydrogen-bond donors (Lipinski definition) is 1. The number of fused-ring (bicyclic) bond motifs is 1. The van der Waals surface area contributed by atoms with Gasteiger partial charge >= 0.3 is 0 Å². The van der Waals surface area contributed by atoms with Crippen molar-refractivity contribution in [1.29, 1.82) is 0 Å². The van der Waals surface area contributed by atoms with Gasteiger partial charge in [-0.25, -0.2) is 4.68 Å². The van der Waals surface area contributed by atoms with Gasteiger partial charge in [0.05, 0.1) is 25.5 Å². The van der Waals surface area contributed by atoms with Crippen LogP contribution in [0.5, 0.6) is 0 Å². The van der Waals surface area contributed by atoms with E-state index < -0.39 is 0 Å². The number of carbonyl (C=O) groups excluding carboxylic acids is 1. The molecule has 2 fully saturated rings. The first kappa shape index (κ1) is 14.3. The van der Waals surface area contributed by atoms with Gasteiger partial charge in [0.25, 0.3) is 0 Å². The quantitative estimate of drug-likeness (QED) is 0.906. The van der Waals surface area contributed by atoms with Crippen LogP contribution in [-0.2, 0) is 14.3 Å². The molecule has 1 N–H and O–H groups in total. The van der Waals surface area contributed by atoms with Crippen molar-refractivity contribution in [3.63, 3.8) is 0 Å². The van der Waals surface area contributed by atoms with E-state index in [4.69, 9.17) is 9.47 Å². The van der Waals surface area contributed by atoms with E-state index in [0.717, 1.165) is 11.3 Å². The molecule has 1 aromatic carbocycles. The molecule has 7 nitrogen and oxygen atoms in total. The van der Waals surface area contributed by atoms with Gasteiger partial charge in [0.1, 0.15) is 23.9 Å². The maximum atomic E-state index is 11.3. The molecule has 2 aliphatic heterocycles. The molecular formula is C16H18N4O3. The predicted molar refractivity (Wildman–Crippen MR) is 81.6 cm³/mol. The first-order valence-electron chi connectivity index (χ1n) is 7.70. The molecule has 1 amide bonds. The van der Waals surface area contributed by atoms with E-state index in [1.165, 1.54) is 6.92 Å². The third-order valence-electron chi connectivity index (χ3n) is 4.34. The Morgan fingerprint density at radius 3 is 2.78 bits per heavy atom. The van der Waals surface area contributed by atoms with Crippen LogP contribution in [0.1, 0.15) is 13.0 Å². The first-order valence-corrected chi connectivity index (χ1v) is 7.70. The molecule has 1 aromatic heterocycles. The molecule has 4 rings (SSSR count). The highest BCUT2D eigenvalue weighted by atomic mass is 16.6. The molecule has 2 saturated heterocycles. The molecule has 4 atom stereocenters. The Bertz CT molecular complexity index is 702. The van der Waals surface area contributed by atoms with Crippen LogP contribution in [0, 0.1) is 0 Å². The smallest absolute Gasteiger partial charge is 0.217 e. The number of hydrogen-bond acceptors (Lipinski definition) is 5. The summed E-state index contributed by atoms with van der Waals surface area (Å²) in [5.74, 6) is -0.0709. The monoisotopic (exact) mass is 314 g/mol. The van der Waals surface area contributed by atoms with E-state index in [2.05, 4.69) is 15.6 Å². The van der Waals surface area contributed by atoms with Crippen molar-refractivity contribution in [3.05, 3.63) is 36.5 Å². The van der Waals surface area contributed by atoms with Crippen LogP contribution in [0.25, 0.3) is 11.3 Å². The van der Waals surface area contributed by atoms with Gasteiger partial charge in [0.15, 0.2) is 0 Å². The lowest BCUT2D eigenvalue weighted by Crippen LogP contribution is -2.43. The average Bonchev–Trinajstić information content (AvgIpc) is 3.25. The topological polar surface area (TPSA) is 78.3 Å². The fourth-order valence-corrected chi connectivity index (χ4v) is 3.27. The summed E-state index contributed by atoms with van der Waals surface area (Å²) in [4.78, 5) is 11.3. The number of nitrogens with one attached hydrogen (secondary N) is 1. The number of rotatable bonds is 3. The molecule has 2 aromatic rings. The minimum absolute atomic E-state index is 0.0243. The zero-order valence-corrected chi connectivity index (χ0v) is 12.8. The maximum Gasteiger partial charge on any atom is 0.217 e. The standard InChI is InChI=1S/C16H18N4O3/c1-10(21)17-13-8-22-16-14(9-23-15(13)16)20-7-12(18-19-20)11-5-3-2-4-6-11/h2-7,13-16H,8-9H2,1H3,(H,17,21). The molecule has 0 saturated carbocycles. The number of aromatic nitrogens is 3. The SMILES string of the molecule is CC(=O)NC1COC2C1OCC2n1cc(-c2ccccc2)nn1. The Hall–Kier alpha value is -2.25. The van der Waals surface area contributed by atoms with Crippen LogP contribution in [0.2, 0.25) is 0 Å². The van der Waals surface area contributed by atoms with Gasteiger partial charge in [0, 0.05) is 12.5 Å². The van der Waals surface area contributed by atoms with Gasteiger partial charge in [-0.05, 0) is 0 Å². The highest BCUT2D eigenvalue weighted by molar-refractivity contribution is 5.73. The van der Waals surface area contributed by atoms with Crippen molar-refractivity contribution in [2.45, 2.75) is 31.2 Å². The highest BCUT2D eigenvalue weighted by Gasteiger charge is 2.49. The van der Waals surface area contributed by atoms with Crippen molar-refractivity contribution in [2.75, 3.05) is 13.2 Å². The second-order valence-electron chi connectivity index (χ2n) is 5.92. The van der Waals surface area contributed by atoms with E-state index >= 15 is 0 Å². The summed E-state index contributed by atoms with van der Waals surface area (Å²) in [6, 6.07) is 9.80. The number of benzene rings is 1. The summed E-state index contributed by atoms with van der Waals surface area (Å²) >= 11 is 0. The van der Waals surface area contributed by atoms with Gasteiger partial charge in [-0.3, -0.25) is 4.79 Å². The van der Waals surface area contributed by atoms with Crippen molar-refractivity contribution < 1.29 is 14.3 Å². The number of nitrogens with zero attached hydrogens (tertiary/aromatic N) is 3. The Balaban J connectivity index is 1.52. The van der Waals surface area contributed by atoms with Crippen molar-refractivity contribution in [1.82, 2.24) is 20.3 Å². The molecule has 0 bridgehead atoms. The van der Waals surface area contributed by atoms with E-state index in [1.807, 2.05) is 41.2 Å². The lowest BCUT2D eigenvalue weighted by atomic mass is 10.1. The van der Waals surface area contributed by atoms with Gasteiger partial charge in [0.2, 0.25) is 5.91 Å². The number of amides is 1. The summed E-state index contributed by atoms with van der Waals surface area (Å²) < 4.78 is 13.5. The van der Waals surface area contributed by atoms with E-state index in [1.54, 1.807) is 0 Å². The number of carbonyl (C=O) groups is 1. The van der Waals surface area contributed by atoms with Gasteiger partial charge in [-0.15, -0.1) is 5.10 Å². The Labute approximate surface area is 133 Å². The molecule has 7 heteroatoms. The van der Waals surface area contributed by atoms with Gasteiger partial charge in [-0.1, -0.05) is 35.5 Å². The zero-order valence-electron chi connectivity index (χ0n) is 12.8. The van der Waals surface area contributed by atoms with Crippen LogP contribution < -0.4 is 5.32 Å². The first-order chi connectivity index (χ1) is 11.2. The lowest BCUT2D eigenvalue weighted by molar-refractivity contribution is -0.120. The van der Waals surface area contributed by atoms with Crippen LogP contribution in [0.4, 0.5) is 0 Å². The maximum absolute atomic E-state index is 11.3. The van der Waals surface area contributed by atoms with Crippen LogP contribution >= 0.6 is 0 Å². The second-order valence-corrected chi connectivity index (χ2v) is 5.92. The third-order valence-corrected chi connectivity index (χ3v) is 4.34. The minimum Gasteiger partial charge on any atom is -0.371 e. The highest BCUT2D eigenvalue weighted by Crippen LogP contribution is 2.34. The molecule has 0 radical (unpaired) electrons. The predicted octanol–water partition coefficient (Wildman–Crippen LogP) is 0.788. The molecule has 4 unspecified atom stereocenters. The van der Waals surface area contributed by atoms with Crippen molar-refractivity contribution in [2.24, 2.45) is 0 Å². The Morgan fingerprint density at radius 1 is 1.22 bits per heavy atom. The third kappa shape index (κ3) is 2.62. The summed E-state index contributed by atoms with van der Waals surface area (Å²) in [5.41, 5.74) is 1.85. The molecule has 0 spiro atoms. The second kappa shape index (κ2) is 5.75. The molecule has 23 heavy (non-hydrogen) atoms. The lowest BCUT2D eigenvalue weighted by Gasteiger charge is -2.16. The van der Waals surface area contributed by atoms with E-state index in [0.29, 0.717) is 13.2 Å². The van der Waals surface area contributed by atoms with Crippen LogP contribution in [0.15, 0.2) is 36.5 Å². The molecule has 0 aliphatic carbocycles. The van der Waals surface area contributed by atoms with E-state index in [-0.39, 0.29) is 30.2 Å². The fourth-order valence-electron chi connectivity index (χ4n) is 3.27. The van der Waals surface area contributed by atoms with Crippen LogP contribution in [-0.4, -0.2) is 52.4 Å². The zero-order chi connectivity index (χ0) is 15.8. The summed E-state index contributed by atoms with van der Waals surface area (Å²) in [6.07, 6.45) is 1.67. The summed E-state index contributed by atoms with van der Waals surface area (Å²) in [7, 11) is 0. The normalized spacial score (nSPS) is 29.4. The molecule has 120 valence electrons. The number of ether oxygens (including phenoxy) is 2. The summed E-state index contributed by atoms with van der Waals surface area (Å²) in [6.45, 7) is 2.47. The van der Waals surface area contributed by atoms with Crippen molar-refractivity contribution in [3.8, 4) is 11.3 Å². The van der Waals surface area contributed by atoms with Crippen molar-refractivity contribution >= 4 is 5.91 Å². The Morgan fingerprint density at radius 2 is 2.00 bits per heavy atom.